The Morgan fingerprint density at radius 1 is 1.28 bits per heavy atom. The molecule has 1 aliphatic rings. The van der Waals surface area contributed by atoms with E-state index >= 15 is 0 Å². The van der Waals surface area contributed by atoms with Gasteiger partial charge in [-0.3, -0.25) is 19.9 Å². The van der Waals surface area contributed by atoms with E-state index in [2.05, 4.69) is 26.7 Å². The van der Waals surface area contributed by atoms with Crippen LogP contribution in [0.4, 0.5) is 0 Å². The topological polar surface area (TPSA) is 108 Å². The molecule has 0 radical (unpaired) electrons. The minimum absolute atomic E-state index is 0.295. The Bertz CT molecular complexity index is 1270. The van der Waals surface area contributed by atoms with E-state index in [0.717, 1.165) is 5.69 Å². The minimum Gasteiger partial charge on any atom is -0.497 e. The zero-order valence-electron chi connectivity index (χ0n) is 20.1. The highest BCUT2D eigenvalue weighted by Gasteiger charge is 2.41. The number of aliphatic hydroxyl groups is 1. The molecule has 1 aliphatic heterocycles. The van der Waals surface area contributed by atoms with Gasteiger partial charge >= 0.3 is 0 Å². The summed E-state index contributed by atoms with van der Waals surface area (Å²) < 4.78 is 5.33. The number of ether oxygens (including phenoxy) is 1. The van der Waals surface area contributed by atoms with Crippen LogP contribution in [0.2, 0.25) is 5.02 Å². The van der Waals surface area contributed by atoms with Gasteiger partial charge in [-0.2, -0.15) is 0 Å². The number of nitrogens with zero attached hydrogens (tertiary/aromatic N) is 3. The first-order valence-electron chi connectivity index (χ1n) is 11.8. The van der Waals surface area contributed by atoms with Crippen LogP contribution in [0, 0.1) is 17.3 Å². The summed E-state index contributed by atoms with van der Waals surface area (Å²) in [5.41, 5.74) is 3.02. The summed E-state index contributed by atoms with van der Waals surface area (Å²) in [6, 6.07) is 11.0. The number of aliphatic hydroxyl groups excluding tert-OH is 1. The molecule has 2 aromatic heterocycles. The largest absolute Gasteiger partial charge is 0.497 e. The summed E-state index contributed by atoms with van der Waals surface area (Å²) in [6.45, 7) is 1.86. The summed E-state index contributed by atoms with van der Waals surface area (Å²) in [6.07, 6.45) is 4.07. The number of halogens is 1. The third-order valence-electron chi connectivity index (χ3n) is 6.88. The number of benzene rings is 1. The Hall–Kier alpha value is -3.22. The molecule has 1 unspecified atom stereocenters. The van der Waals surface area contributed by atoms with Crippen LogP contribution in [0.3, 0.4) is 0 Å². The molecular weight excluding hydrogens is 480 g/mol. The van der Waals surface area contributed by atoms with Crippen molar-refractivity contribution in [2.75, 3.05) is 26.7 Å². The third-order valence-corrected chi connectivity index (χ3v) is 7.18. The highest BCUT2D eigenvalue weighted by Crippen LogP contribution is 2.41. The van der Waals surface area contributed by atoms with Gasteiger partial charge in [-0.1, -0.05) is 23.6 Å². The van der Waals surface area contributed by atoms with E-state index in [1.54, 1.807) is 25.4 Å². The molecule has 1 aromatic carbocycles. The lowest BCUT2D eigenvalue weighted by molar-refractivity contribution is -0.143. The molecule has 3 heterocycles. The number of piperidine rings is 1. The number of hydrogen-bond acceptors (Lipinski definition) is 7. The number of likely N-dealkylation sites (tertiary alicyclic amines) is 1. The molecular formula is C27H29ClN4O4. The Morgan fingerprint density at radius 2 is 2.08 bits per heavy atom. The number of hydrogen-bond donors (Lipinski definition) is 3. The highest BCUT2D eigenvalue weighted by atomic mass is 35.5. The number of aromatic nitrogens is 2. The molecule has 9 heteroatoms. The van der Waals surface area contributed by atoms with Crippen molar-refractivity contribution in [1.29, 1.82) is 0 Å². The number of carbonyl (C=O) groups excluding carboxylic acids is 1. The average molecular weight is 509 g/mol. The smallest absolute Gasteiger partial charge is 0.249 e. The van der Waals surface area contributed by atoms with Gasteiger partial charge in [-0.15, -0.1) is 0 Å². The maximum Gasteiger partial charge on any atom is 0.249 e. The molecule has 8 nitrogen and oxygen atoms in total. The molecule has 1 saturated heterocycles. The number of methoxy groups -OCH3 is 1. The van der Waals surface area contributed by atoms with Crippen molar-refractivity contribution in [2.24, 2.45) is 5.41 Å². The fourth-order valence-corrected chi connectivity index (χ4v) is 4.99. The second-order valence-corrected chi connectivity index (χ2v) is 9.38. The van der Waals surface area contributed by atoms with Crippen molar-refractivity contribution in [3.05, 3.63) is 65.1 Å². The van der Waals surface area contributed by atoms with Gasteiger partial charge in [0.05, 0.1) is 35.7 Å². The summed E-state index contributed by atoms with van der Waals surface area (Å²) >= 11 is 6.44. The first-order chi connectivity index (χ1) is 17.5. The molecule has 3 aromatic rings. The van der Waals surface area contributed by atoms with Gasteiger partial charge in [0.25, 0.3) is 0 Å². The van der Waals surface area contributed by atoms with E-state index in [4.69, 9.17) is 16.3 Å². The van der Waals surface area contributed by atoms with Crippen LogP contribution in [0.15, 0.2) is 48.8 Å². The first-order valence-corrected chi connectivity index (χ1v) is 12.2. The van der Waals surface area contributed by atoms with Gasteiger partial charge in [-0.05, 0) is 61.9 Å². The van der Waals surface area contributed by atoms with Gasteiger partial charge in [-0.25, -0.2) is 10.5 Å². The van der Waals surface area contributed by atoms with Crippen LogP contribution < -0.4 is 10.2 Å². The van der Waals surface area contributed by atoms with Crippen LogP contribution >= 0.6 is 11.6 Å². The molecule has 1 atom stereocenters. The van der Waals surface area contributed by atoms with Crippen LogP contribution in [-0.2, 0) is 4.79 Å². The van der Waals surface area contributed by atoms with Gasteiger partial charge in [0.2, 0.25) is 5.91 Å². The molecule has 188 valence electrons. The average Bonchev–Trinajstić information content (AvgIpc) is 2.92. The van der Waals surface area contributed by atoms with Gasteiger partial charge in [0.15, 0.2) is 0 Å². The van der Waals surface area contributed by atoms with E-state index in [1.807, 2.05) is 29.7 Å². The Balaban J connectivity index is 1.45. The summed E-state index contributed by atoms with van der Waals surface area (Å²) in [5.74, 6) is 6.39. The lowest BCUT2D eigenvalue weighted by Crippen LogP contribution is -2.48. The zero-order chi connectivity index (χ0) is 25.5. The highest BCUT2D eigenvalue weighted by molar-refractivity contribution is 6.32. The number of fused-ring (bicyclic) bond motifs is 1. The summed E-state index contributed by atoms with van der Waals surface area (Å²) in [4.78, 5) is 23.5. The number of rotatable bonds is 7. The maximum atomic E-state index is 12.8. The number of pyridine rings is 2. The summed E-state index contributed by atoms with van der Waals surface area (Å²) in [7, 11) is 1.57. The van der Waals surface area contributed by atoms with Crippen molar-refractivity contribution in [2.45, 2.75) is 31.8 Å². The van der Waals surface area contributed by atoms with Crippen molar-refractivity contribution >= 4 is 28.4 Å². The zero-order valence-corrected chi connectivity index (χ0v) is 20.8. The first kappa shape index (κ1) is 25.9. The number of nitrogens with one attached hydrogen (secondary N) is 1. The normalized spacial score (nSPS) is 16.1. The molecule has 0 saturated carbocycles. The molecule has 0 aliphatic carbocycles. The fraction of sp³-hybridized carbons (Fsp3) is 0.370. The molecule has 1 fully saturated rings. The third kappa shape index (κ3) is 5.77. The standard InChI is InChI=1S/C27H29ClN4O4/c1-36-20-7-8-23-21(17-20)25(22(28)18-30-23)24(33)9-10-27(26(34)31-35)11-15-32(16-12-27)14-4-6-19-5-2-3-13-29-19/h2-3,5,7-8,13,17-18,24,33,35H,9-12,14-16H2,1H3,(H,31,34). The predicted octanol–water partition coefficient (Wildman–Crippen LogP) is 3.74. The van der Waals surface area contributed by atoms with E-state index in [9.17, 15) is 15.1 Å². The van der Waals surface area contributed by atoms with Crippen molar-refractivity contribution in [3.63, 3.8) is 0 Å². The van der Waals surface area contributed by atoms with Crippen LogP contribution in [-0.4, -0.2) is 57.8 Å². The van der Waals surface area contributed by atoms with E-state index < -0.39 is 17.4 Å². The molecule has 1 amide bonds. The Labute approximate surface area is 215 Å². The van der Waals surface area contributed by atoms with Gasteiger partial charge < -0.3 is 9.84 Å². The number of carbonyl (C=O) groups is 1. The monoisotopic (exact) mass is 508 g/mol. The van der Waals surface area contributed by atoms with E-state index in [1.165, 1.54) is 6.20 Å². The molecule has 4 rings (SSSR count). The molecule has 36 heavy (non-hydrogen) atoms. The van der Waals surface area contributed by atoms with E-state index in [-0.39, 0.29) is 0 Å². The van der Waals surface area contributed by atoms with Gasteiger partial charge in [0, 0.05) is 36.4 Å². The molecule has 0 bridgehead atoms. The lowest BCUT2D eigenvalue weighted by Gasteiger charge is -2.40. The summed E-state index contributed by atoms with van der Waals surface area (Å²) in [5, 5.41) is 21.7. The van der Waals surface area contributed by atoms with Crippen molar-refractivity contribution in [3.8, 4) is 17.6 Å². The van der Waals surface area contributed by atoms with Crippen LogP contribution in [0.25, 0.3) is 10.9 Å². The fourth-order valence-electron chi connectivity index (χ4n) is 4.72. The van der Waals surface area contributed by atoms with E-state index in [0.29, 0.717) is 72.6 Å². The maximum absolute atomic E-state index is 12.8. The van der Waals surface area contributed by atoms with Crippen molar-refractivity contribution in [1.82, 2.24) is 20.3 Å². The molecule has 3 N–H and O–H groups in total. The quantitative estimate of drug-likeness (QED) is 0.253. The predicted molar refractivity (Wildman–Crippen MR) is 137 cm³/mol. The second kappa shape index (κ2) is 11.7. The number of amides is 1. The molecule has 0 spiro atoms. The van der Waals surface area contributed by atoms with Crippen LogP contribution in [0.5, 0.6) is 5.75 Å². The lowest BCUT2D eigenvalue weighted by atomic mass is 9.73. The SMILES string of the molecule is COc1ccc2ncc(Cl)c(C(O)CCC3(C(=O)NO)CCN(CC#Cc4ccccn4)CC3)c2c1. The van der Waals surface area contributed by atoms with Gasteiger partial charge in [0.1, 0.15) is 11.4 Å². The number of hydroxylamine groups is 1. The second-order valence-electron chi connectivity index (χ2n) is 8.97. The Morgan fingerprint density at radius 3 is 2.78 bits per heavy atom. The van der Waals surface area contributed by atoms with Crippen LogP contribution in [0.1, 0.15) is 43.0 Å². The minimum atomic E-state index is -0.916. The van der Waals surface area contributed by atoms with Crippen molar-refractivity contribution < 1.29 is 19.8 Å². The Kier molecular flexibility index (Phi) is 8.39.